The third kappa shape index (κ3) is 3.70. The van der Waals surface area contributed by atoms with Gasteiger partial charge in [-0.25, -0.2) is 8.78 Å². The standard InChI is InChI=1S/C11H11F2IO2/c1-16-10(15)5-4-7-2-3-8(11(12)13)6-9(7)14/h2-3,6,11H,4-5H2,1H3. The lowest BCUT2D eigenvalue weighted by molar-refractivity contribution is -0.140. The van der Waals surface area contributed by atoms with Crippen molar-refractivity contribution in [2.45, 2.75) is 19.3 Å². The van der Waals surface area contributed by atoms with Crippen LogP contribution in [0.3, 0.4) is 0 Å². The summed E-state index contributed by atoms with van der Waals surface area (Å²) in [6.07, 6.45) is -1.68. The van der Waals surface area contributed by atoms with Crippen LogP contribution in [-0.4, -0.2) is 13.1 Å². The zero-order valence-electron chi connectivity index (χ0n) is 8.67. The van der Waals surface area contributed by atoms with Crippen molar-refractivity contribution in [2.24, 2.45) is 0 Å². The minimum atomic E-state index is -2.46. The molecule has 0 heterocycles. The van der Waals surface area contributed by atoms with Gasteiger partial charge in [0.1, 0.15) is 0 Å². The summed E-state index contributed by atoms with van der Waals surface area (Å²) in [5.74, 6) is -0.297. The Balaban J connectivity index is 2.72. The van der Waals surface area contributed by atoms with Crippen LogP contribution in [0, 0.1) is 3.57 Å². The van der Waals surface area contributed by atoms with Crippen molar-refractivity contribution in [1.82, 2.24) is 0 Å². The lowest BCUT2D eigenvalue weighted by atomic mass is 10.1. The molecule has 0 atom stereocenters. The Morgan fingerprint density at radius 2 is 2.19 bits per heavy atom. The van der Waals surface area contributed by atoms with Crippen molar-refractivity contribution < 1.29 is 18.3 Å². The van der Waals surface area contributed by atoms with Gasteiger partial charge < -0.3 is 4.74 Å². The van der Waals surface area contributed by atoms with Gasteiger partial charge in [-0.15, -0.1) is 0 Å². The molecule has 16 heavy (non-hydrogen) atoms. The Morgan fingerprint density at radius 3 is 2.69 bits per heavy atom. The normalized spacial score (nSPS) is 10.6. The molecule has 1 aromatic rings. The molecule has 0 aliphatic carbocycles. The molecule has 5 heteroatoms. The van der Waals surface area contributed by atoms with Gasteiger partial charge in [0.2, 0.25) is 0 Å². The van der Waals surface area contributed by atoms with Gasteiger partial charge in [-0.2, -0.15) is 0 Å². The third-order valence-electron chi connectivity index (χ3n) is 2.16. The third-order valence-corrected chi connectivity index (χ3v) is 3.16. The average Bonchev–Trinajstić information content (AvgIpc) is 2.26. The van der Waals surface area contributed by atoms with E-state index in [-0.39, 0.29) is 18.0 Å². The second-order valence-electron chi connectivity index (χ2n) is 3.23. The molecule has 0 aliphatic heterocycles. The summed E-state index contributed by atoms with van der Waals surface area (Å²) in [4.78, 5) is 10.9. The first-order chi connectivity index (χ1) is 7.54. The van der Waals surface area contributed by atoms with E-state index in [1.165, 1.54) is 19.2 Å². The van der Waals surface area contributed by atoms with Gasteiger partial charge in [-0.05, 0) is 40.6 Å². The summed E-state index contributed by atoms with van der Waals surface area (Å²) < 4.78 is 30.0. The summed E-state index contributed by atoms with van der Waals surface area (Å²) in [7, 11) is 1.33. The monoisotopic (exact) mass is 340 g/mol. The molecular formula is C11H11F2IO2. The average molecular weight is 340 g/mol. The van der Waals surface area contributed by atoms with E-state index in [0.717, 1.165) is 9.13 Å². The zero-order valence-corrected chi connectivity index (χ0v) is 10.8. The van der Waals surface area contributed by atoms with Gasteiger partial charge in [0, 0.05) is 15.6 Å². The molecule has 0 amide bonds. The van der Waals surface area contributed by atoms with Crippen LogP contribution in [-0.2, 0) is 16.0 Å². The van der Waals surface area contributed by atoms with Crippen LogP contribution >= 0.6 is 22.6 Å². The van der Waals surface area contributed by atoms with E-state index in [4.69, 9.17) is 0 Å². The zero-order chi connectivity index (χ0) is 12.1. The molecule has 0 fully saturated rings. The minimum absolute atomic E-state index is 0.00576. The lowest BCUT2D eigenvalue weighted by Gasteiger charge is -2.06. The molecule has 2 nitrogen and oxygen atoms in total. The SMILES string of the molecule is COC(=O)CCc1ccc(C(F)F)cc1I. The number of methoxy groups -OCH3 is 1. The molecule has 0 bridgehead atoms. The fourth-order valence-corrected chi connectivity index (χ4v) is 2.05. The smallest absolute Gasteiger partial charge is 0.305 e. The number of esters is 1. The van der Waals surface area contributed by atoms with Gasteiger partial charge in [-0.1, -0.05) is 12.1 Å². The van der Waals surface area contributed by atoms with Crippen molar-refractivity contribution in [3.63, 3.8) is 0 Å². The summed E-state index contributed by atoms with van der Waals surface area (Å²) in [5, 5.41) is 0. The Labute approximate surface area is 106 Å². The maximum absolute atomic E-state index is 12.4. The first-order valence-electron chi connectivity index (χ1n) is 4.68. The van der Waals surface area contributed by atoms with Crippen molar-refractivity contribution in [3.8, 4) is 0 Å². The van der Waals surface area contributed by atoms with E-state index < -0.39 is 6.43 Å². The van der Waals surface area contributed by atoms with Crippen LogP contribution in [0.4, 0.5) is 8.78 Å². The Morgan fingerprint density at radius 1 is 1.50 bits per heavy atom. The number of hydrogen-bond donors (Lipinski definition) is 0. The van der Waals surface area contributed by atoms with Crippen LogP contribution in [0.2, 0.25) is 0 Å². The second kappa shape index (κ2) is 6.12. The molecule has 0 saturated heterocycles. The van der Waals surface area contributed by atoms with Crippen molar-refractivity contribution in [1.29, 1.82) is 0 Å². The van der Waals surface area contributed by atoms with E-state index in [9.17, 15) is 13.6 Å². The van der Waals surface area contributed by atoms with Crippen molar-refractivity contribution in [2.75, 3.05) is 7.11 Å². The molecule has 88 valence electrons. The van der Waals surface area contributed by atoms with E-state index in [0.29, 0.717) is 6.42 Å². The highest BCUT2D eigenvalue weighted by Gasteiger charge is 2.10. The minimum Gasteiger partial charge on any atom is -0.469 e. The molecule has 0 aliphatic rings. The van der Waals surface area contributed by atoms with Crippen molar-refractivity contribution >= 4 is 28.6 Å². The molecule has 0 aromatic heterocycles. The molecule has 0 unspecified atom stereocenters. The first-order valence-corrected chi connectivity index (χ1v) is 5.75. The Hall–Kier alpha value is -0.720. The number of carbonyl (C=O) groups is 1. The van der Waals surface area contributed by atoms with E-state index in [1.54, 1.807) is 6.07 Å². The number of aryl methyl sites for hydroxylation is 1. The largest absolute Gasteiger partial charge is 0.469 e. The quantitative estimate of drug-likeness (QED) is 0.621. The maximum atomic E-state index is 12.4. The summed E-state index contributed by atoms with van der Waals surface area (Å²) >= 11 is 1.99. The number of ether oxygens (including phenoxy) is 1. The van der Waals surface area contributed by atoms with Gasteiger partial charge in [0.05, 0.1) is 7.11 Å². The van der Waals surface area contributed by atoms with Gasteiger partial charge in [0.25, 0.3) is 6.43 Å². The molecule has 1 rings (SSSR count). The number of carbonyl (C=O) groups excluding carboxylic acids is 1. The van der Waals surface area contributed by atoms with Crippen LogP contribution in [0.5, 0.6) is 0 Å². The van der Waals surface area contributed by atoms with Gasteiger partial charge >= 0.3 is 5.97 Å². The topological polar surface area (TPSA) is 26.3 Å². The number of rotatable bonds is 4. The summed E-state index contributed by atoms with van der Waals surface area (Å²) in [6.45, 7) is 0. The maximum Gasteiger partial charge on any atom is 0.305 e. The van der Waals surface area contributed by atoms with Crippen LogP contribution in [0.1, 0.15) is 24.0 Å². The lowest BCUT2D eigenvalue weighted by Crippen LogP contribution is -2.03. The highest BCUT2D eigenvalue weighted by atomic mass is 127. The number of benzene rings is 1. The fraction of sp³-hybridized carbons (Fsp3) is 0.364. The Kier molecular flexibility index (Phi) is 5.11. The molecule has 1 aromatic carbocycles. The first kappa shape index (κ1) is 13.3. The molecule has 0 N–H and O–H groups in total. The predicted molar refractivity (Wildman–Crippen MR) is 64.5 cm³/mol. The summed E-state index contributed by atoms with van der Waals surface area (Å²) in [6, 6.07) is 4.46. The van der Waals surface area contributed by atoms with Crippen LogP contribution in [0.15, 0.2) is 18.2 Å². The highest BCUT2D eigenvalue weighted by Crippen LogP contribution is 2.23. The number of hydrogen-bond acceptors (Lipinski definition) is 2. The fourth-order valence-electron chi connectivity index (χ4n) is 1.24. The molecule has 0 spiro atoms. The molecule has 0 radical (unpaired) electrons. The molecular weight excluding hydrogens is 329 g/mol. The number of halogens is 3. The van der Waals surface area contributed by atoms with Gasteiger partial charge in [-0.3, -0.25) is 4.79 Å². The van der Waals surface area contributed by atoms with Gasteiger partial charge in [0.15, 0.2) is 0 Å². The Bertz CT molecular complexity index is 380. The highest BCUT2D eigenvalue weighted by molar-refractivity contribution is 14.1. The van der Waals surface area contributed by atoms with E-state index in [1.807, 2.05) is 22.6 Å². The predicted octanol–water partition coefficient (Wildman–Crippen LogP) is 3.33. The van der Waals surface area contributed by atoms with Crippen LogP contribution < -0.4 is 0 Å². The van der Waals surface area contributed by atoms with E-state index in [2.05, 4.69) is 4.74 Å². The van der Waals surface area contributed by atoms with E-state index >= 15 is 0 Å². The second-order valence-corrected chi connectivity index (χ2v) is 4.39. The summed E-state index contributed by atoms with van der Waals surface area (Å²) in [5.41, 5.74) is 0.890. The van der Waals surface area contributed by atoms with Crippen LogP contribution in [0.25, 0.3) is 0 Å². The molecule has 0 saturated carbocycles. The number of alkyl halides is 2. The van der Waals surface area contributed by atoms with Crippen molar-refractivity contribution in [3.05, 3.63) is 32.9 Å².